The van der Waals surface area contributed by atoms with Gasteiger partial charge in [0.15, 0.2) is 0 Å². The molecular weight excluding hydrogens is 330 g/mol. The largest absolute Gasteiger partial charge is 0.353 e. The molecule has 3 aromatic heterocycles. The fourth-order valence-electron chi connectivity index (χ4n) is 3.64. The molecule has 25 heavy (non-hydrogen) atoms. The molecule has 126 valence electrons. The van der Waals surface area contributed by atoms with Gasteiger partial charge in [0.25, 0.3) is 0 Å². The standard InChI is InChI=1S/C19H19N5S/c1-12-22-19(24-10-8-20-9-11-24)17(25-12)14-6-7-21-18-16(14)13-4-2-3-5-15(13)23-18/h2-7,20H,8-11H2,1H3,(H,21,23). The van der Waals surface area contributed by atoms with E-state index in [0.29, 0.717) is 0 Å². The molecule has 2 N–H and O–H groups in total. The number of fused-ring (bicyclic) bond motifs is 3. The Labute approximate surface area is 149 Å². The van der Waals surface area contributed by atoms with Gasteiger partial charge in [-0.15, -0.1) is 11.3 Å². The van der Waals surface area contributed by atoms with Crippen molar-refractivity contribution in [3.05, 3.63) is 41.5 Å². The highest BCUT2D eigenvalue weighted by atomic mass is 32.1. The van der Waals surface area contributed by atoms with Crippen molar-refractivity contribution in [3.8, 4) is 10.4 Å². The number of rotatable bonds is 2. The molecular formula is C19H19N5S. The number of anilines is 1. The zero-order chi connectivity index (χ0) is 16.8. The first kappa shape index (κ1) is 14.9. The van der Waals surface area contributed by atoms with Gasteiger partial charge in [-0.3, -0.25) is 0 Å². The maximum absolute atomic E-state index is 4.87. The number of hydrogen-bond donors (Lipinski definition) is 2. The third-order valence-electron chi connectivity index (χ3n) is 4.78. The summed E-state index contributed by atoms with van der Waals surface area (Å²) in [6.07, 6.45) is 1.89. The summed E-state index contributed by atoms with van der Waals surface area (Å²) in [6, 6.07) is 10.5. The van der Waals surface area contributed by atoms with Gasteiger partial charge in [-0.05, 0) is 19.1 Å². The summed E-state index contributed by atoms with van der Waals surface area (Å²) in [7, 11) is 0. The van der Waals surface area contributed by atoms with Crippen LogP contribution in [-0.4, -0.2) is 41.1 Å². The van der Waals surface area contributed by atoms with Crippen molar-refractivity contribution in [2.75, 3.05) is 31.1 Å². The molecule has 0 saturated carbocycles. The smallest absolute Gasteiger partial charge is 0.148 e. The van der Waals surface area contributed by atoms with Crippen molar-refractivity contribution in [2.24, 2.45) is 0 Å². The van der Waals surface area contributed by atoms with Crippen molar-refractivity contribution >= 4 is 39.1 Å². The van der Waals surface area contributed by atoms with Crippen LogP contribution in [0, 0.1) is 6.92 Å². The average molecular weight is 349 g/mol. The Balaban J connectivity index is 1.76. The summed E-state index contributed by atoms with van der Waals surface area (Å²) in [5, 5.41) is 6.94. The van der Waals surface area contributed by atoms with Gasteiger partial charge in [0.2, 0.25) is 0 Å². The lowest BCUT2D eigenvalue weighted by atomic mass is 10.1. The quantitative estimate of drug-likeness (QED) is 0.581. The van der Waals surface area contributed by atoms with Crippen LogP contribution in [0.2, 0.25) is 0 Å². The van der Waals surface area contributed by atoms with Crippen LogP contribution < -0.4 is 10.2 Å². The molecule has 0 bridgehead atoms. The second-order valence-corrected chi connectivity index (χ2v) is 7.58. The number of H-pyrrole nitrogens is 1. The number of pyridine rings is 1. The highest BCUT2D eigenvalue weighted by Gasteiger charge is 2.22. The molecule has 6 heteroatoms. The predicted octanol–water partition coefficient (Wildman–Crippen LogP) is 3.56. The maximum Gasteiger partial charge on any atom is 0.148 e. The normalized spacial score (nSPS) is 15.3. The number of aromatic nitrogens is 3. The number of nitrogens with zero attached hydrogens (tertiary/aromatic N) is 3. The van der Waals surface area contributed by atoms with Crippen LogP contribution in [0.25, 0.3) is 32.4 Å². The van der Waals surface area contributed by atoms with Crippen molar-refractivity contribution in [1.82, 2.24) is 20.3 Å². The molecule has 1 saturated heterocycles. The molecule has 0 aliphatic carbocycles. The van der Waals surface area contributed by atoms with Gasteiger partial charge in [-0.2, -0.15) is 0 Å². The topological polar surface area (TPSA) is 56.8 Å². The molecule has 1 aromatic carbocycles. The van der Waals surface area contributed by atoms with E-state index < -0.39 is 0 Å². The lowest BCUT2D eigenvalue weighted by Crippen LogP contribution is -2.43. The number of thiazole rings is 1. The summed E-state index contributed by atoms with van der Waals surface area (Å²) < 4.78 is 0. The van der Waals surface area contributed by atoms with Crippen LogP contribution in [-0.2, 0) is 0 Å². The van der Waals surface area contributed by atoms with Gasteiger partial charge in [0, 0.05) is 54.2 Å². The van der Waals surface area contributed by atoms with E-state index in [2.05, 4.69) is 57.4 Å². The van der Waals surface area contributed by atoms with E-state index in [1.807, 2.05) is 6.20 Å². The summed E-state index contributed by atoms with van der Waals surface area (Å²) in [5.74, 6) is 1.11. The van der Waals surface area contributed by atoms with E-state index in [-0.39, 0.29) is 0 Å². The lowest BCUT2D eigenvalue weighted by molar-refractivity contribution is 0.586. The number of nitrogens with one attached hydrogen (secondary N) is 2. The summed E-state index contributed by atoms with van der Waals surface area (Å²) in [6.45, 7) is 6.10. The number of para-hydroxylation sites is 1. The van der Waals surface area contributed by atoms with E-state index >= 15 is 0 Å². The number of aromatic amines is 1. The molecule has 0 unspecified atom stereocenters. The number of aryl methyl sites for hydroxylation is 1. The number of hydrogen-bond acceptors (Lipinski definition) is 5. The maximum atomic E-state index is 4.87. The van der Waals surface area contributed by atoms with Crippen LogP contribution >= 0.6 is 11.3 Å². The molecule has 0 radical (unpaired) electrons. The van der Waals surface area contributed by atoms with Crippen molar-refractivity contribution in [2.45, 2.75) is 6.92 Å². The first-order valence-corrected chi connectivity index (χ1v) is 9.42. The molecule has 5 nitrogen and oxygen atoms in total. The monoisotopic (exact) mass is 349 g/mol. The van der Waals surface area contributed by atoms with Crippen molar-refractivity contribution < 1.29 is 0 Å². The molecule has 1 aliphatic rings. The van der Waals surface area contributed by atoms with Crippen molar-refractivity contribution in [1.29, 1.82) is 0 Å². The van der Waals surface area contributed by atoms with Gasteiger partial charge in [0.1, 0.15) is 11.5 Å². The van der Waals surface area contributed by atoms with E-state index in [9.17, 15) is 0 Å². The third-order valence-corrected chi connectivity index (χ3v) is 5.77. The number of benzene rings is 1. The average Bonchev–Trinajstić information content (AvgIpc) is 3.22. The Kier molecular flexibility index (Phi) is 3.46. The molecule has 0 amide bonds. The Morgan fingerprint density at radius 1 is 1.12 bits per heavy atom. The lowest BCUT2D eigenvalue weighted by Gasteiger charge is -2.28. The minimum Gasteiger partial charge on any atom is -0.353 e. The minimum absolute atomic E-state index is 0.941. The number of piperazine rings is 1. The van der Waals surface area contributed by atoms with Gasteiger partial charge < -0.3 is 15.2 Å². The van der Waals surface area contributed by atoms with Crippen molar-refractivity contribution in [3.63, 3.8) is 0 Å². The predicted molar refractivity (Wildman–Crippen MR) is 105 cm³/mol. The highest BCUT2D eigenvalue weighted by Crippen LogP contribution is 2.41. The fourth-order valence-corrected chi connectivity index (χ4v) is 4.61. The van der Waals surface area contributed by atoms with E-state index in [1.165, 1.54) is 21.2 Å². The Bertz CT molecular complexity index is 1060. The van der Waals surface area contributed by atoms with Crippen LogP contribution in [0.4, 0.5) is 5.82 Å². The van der Waals surface area contributed by atoms with Gasteiger partial charge in [-0.1, -0.05) is 18.2 Å². The third kappa shape index (κ3) is 2.41. The molecule has 0 atom stereocenters. The van der Waals surface area contributed by atoms with Crippen LogP contribution in [0.5, 0.6) is 0 Å². The van der Waals surface area contributed by atoms with Gasteiger partial charge in [-0.25, -0.2) is 9.97 Å². The fraction of sp³-hybridized carbons (Fsp3) is 0.263. The summed E-state index contributed by atoms with van der Waals surface area (Å²) in [5.41, 5.74) is 3.29. The Morgan fingerprint density at radius 2 is 1.96 bits per heavy atom. The molecule has 1 aliphatic heterocycles. The second-order valence-electron chi connectivity index (χ2n) is 6.38. The van der Waals surface area contributed by atoms with Crippen LogP contribution in [0.1, 0.15) is 5.01 Å². The zero-order valence-electron chi connectivity index (χ0n) is 14.0. The van der Waals surface area contributed by atoms with Crippen LogP contribution in [0.15, 0.2) is 36.5 Å². The Hall–Kier alpha value is -2.44. The first-order valence-electron chi connectivity index (χ1n) is 8.60. The van der Waals surface area contributed by atoms with E-state index in [4.69, 9.17) is 4.98 Å². The second kappa shape index (κ2) is 5.82. The molecule has 4 aromatic rings. The highest BCUT2D eigenvalue weighted by molar-refractivity contribution is 7.15. The molecule has 4 heterocycles. The first-order chi connectivity index (χ1) is 12.3. The molecule has 1 fully saturated rings. The molecule has 5 rings (SSSR count). The SMILES string of the molecule is Cc1nc(N2CCNCC2)c(-c2ccnc3[nH]c4ccccc4c23)s1. The van der Waals surface area contributed by atoms with E-state index in [1.54, 1.807) is 11.3 Å². The minimum atomic E-state index is 0.941. The van der Waals surface area contributed by atoms with Crippen LogP contribution in [0.3, 0.4) is 0 Å². The van der Waals surface area contributed by atoms with Gasteiger partial charge in [0.05, 0.1) is 9.88 Å². The molecule has 0 spiro atoms. The van der Waals surface area contributed by atoms with Gasteiger partial charge >= 0.3 is 0 Å². The van der Waals surface area contributed by atoms with E-state index in [0.717, 1.165) is 48.2 Å². The Morgan fingerprint density at radius 3 is 2.84 bits per heavy atom. The zero-order valence-corrected chi connectivity index (χ0v) is 14.9. The summed E-state index contributed by atoms with van der Waals surface area (Å²) in [4.78, 5) is 16.5. The summed E-state index contributed by atoms with van der Waals surface area (Å²) >= 11 is 1.77.